The lowest BCUT2D eigenvalue weighted by atomic mass is 9.95. The van der Waals surface area contributed by atoms with Gasteiger partial charge in [-0.25, -0.2) is 4.39 Å². The van der Waals surface area contributed by atoms with E-state index in [9.17, 15) is 23.9 Å². The Morgan fingerprint density at radius 3 is 2.35 bits per heavy atom. The fraction of sp³-hybridized carbons (Fsp3) is 0.348. The predicted octanol–water partition coefficient (Wildman–Crippen LogP) is 1.89. The largest absolute Gasteiger partial charge is 0.480 e. The van der Waals surface area contributed by atoms with E-state index >= 15 is 0 Å². The van der Waals surface area contributed by atoms with Crippen LogP contribution in [0.2, 0.25) is 0 Å². The van der Waals surface area contributed by atoms with Gasteiger partial charge in [0.05, 0.1) is 17.3 Å². The van der Waals surface area contributed by atoms with E-state index in [-0.39, 0.29) is 11.5 Å². The maximum atomic E-state index is 14.0. The van der Waals surface area contributed by atoms with Crippen molar-refractivity contribution in [1.82, 2.24) is 15.1 Å². The summed E-state index contributed by atoms with van der Waals surface area (Å²) in [6, 6.07) is 14.9. The number of piperidine rings is 1. The van der Waals surface area contributed by atoms with E-state index in [2.05, 4.69) is 5.32 Å². The summed E-state index contributed by atoms with van der Waals surface area (Å²) in [5.74, 6) is -2.31. The smallest absolute Gasteiger partial charge is 0.323 e. The van der Waals surface area contributed by atoms with Crippen molar-refractivity contribution in [1.29, 1.82) is 0 Å². The first-order valence-electron chi connectivity index (χ1n) is 10.3. The molecule has 4 rings (SSSR count). The van der Waals surface area contributed by atoms with Crippen molar-refractivity contribution < 1.29 is 23.9 Å². The number of carboxylic acids is 1. The predicted molar refractivity (Wildman–Crippen MR) is 111 cm³/mol. The van der Waals surface area contributed by atoms with E-state index in [1.54, 1.807) is 11.0 Å². The molecule has 1 unspecified atom stereocenters. The number of benzene rings is 2. The highest BCUT2D eigenvalue weighted by Gasteiger charge is 2.52. The number of aliphatic carboxylic acids is 1. The van der Waals surface area contributed by atoms with Gasteiger partial charge >= 0.3 is 5.97 Å². The van der Waals surface area contributed by atoms with E-state index < -0.39 is 35.9 Å². The van der Waals surface area contributed by atoms with Crippen molar-refractivity contribution in [3.05, 3.63) is 71.5 Å². The first-order valence-corrected chi connectivity index (χ1v) is 10.3. The van der Waals surface area contributed by atoms with Gasteiger partial charge in [0, 0.05) is 25.9 Å². The highest BCUT2D eigenvalue weighted by atomic mass is 19.1. The summed E-state index contributed by atoms with van der Waals surface area (Å²) in [4.78, 5) is 40.2. The highest BCUT2D eigenvalue weighted by Crippen LogP contribution is 2.33. The van der Waals surface area contributed by atoms with Crippen LogP contribution in [0.1, 0.15) is 28.8 Å². The average molecular weight is 425 g/mol. The summed E-state index contributed by atoms with van der Waals surface area (Å²) >= 11 is 0. The van der Waals surface area contributed by atoms with Gasteiger partial charge in [-0.05, 0) is 24.1 Å². The van der Waals surface area contributed by atoms with Crippen molar-refractivity contribution in [3.63, 3.8) is 0 Å². The van der Waals surface area contributed by atoms with Gasteiger partial charge < -0.3 is 14.9 Å². The van der Waals surface area contributed by atoms with Crippen LogP contribution < -0.4 is 5.32 Å². The molecule has 0 bridgehead atoms. The normalized spacial score (nSPS) is 20.3. The van der Waals surface area contributed by atoms with Crippen molar-refractivity contribution >= 4 is 17.8 Å². The Bertz CT molecular complexity index is 989. The number of amides is 2. The number of nitrogens with one attached hydrogen (secondary N) is 1. The van der Waals surface area contributed by atoms with Crippen LogP contribution in [0.3, 0.4) is 0 Å². The minimum atomic E-state index is -1.08. The number of carboxylic acid groups (broad SMARTS) is 1. The Hall–Kier alpha value is -3.26. The molecule has 0 radical (unpaired) electrons. The number of hydrogen-bond acceptors (Lipinski definition) is 4. The van der Waals surface area contributed by atoms with Gasteiger partial charge in [0.1, 0.15) is 12.4 Å². The van der Waals surface area contributed by atoms with Crippen LogP contribution >= 0.6 is 0 Å². The summed E-state index contributed by atoms with van der Waals surface area (Å²) in [6.45, 7) is 0.182. The molecule has 0 aliphatic carbocycles. The summed E-state index contributed by atoms with van der Waals surface area (Å²) in [7, 11) is 0. The minimum absolute atomic E-state index is 0.0123. The molecule has 2 saturated heterocycles. The Morgan fingerprint density at radius 2 is 1.71 bits per heavy atom. The molecular formula is C23H24FN3O4. The second kappa shape index (κ2) is 8.47. The number of rotatable bonds is 5. The molecule has 7 nitrogen and oxygen atoms in total. The lowest BCUT2D eigenvalue weighted by molar-refractivity contribution is -0.147. The topological polar surface area (TPSA) is 89.9 Å². The van der Waals surface area contributed by atoms with Crippen molar-refractivity contribution in [3.8, 4) is 0 Å². The zero-order valence-electron chi connectivity index (χ0n) is 17.0. The summed E-state index contributed by atoms with van der Waals surface area (Å²) in [5, 5.41) is 12.7. The number of carbonyl (C=O) groups excluding carboxylic acids is 2. The van der Waals surface area contributed by atoms with Crippen LogP contribution in [-0.4, -0.2) is 64.0 Å². The molecule has 2 fully saturated rings. The average Bonchev–Trinajstić information content (AvgIpc) is 3.00. The number of nitrogens with zero attached hydrogens (tertiary/aromatic N) is 2. The molecule has 1 spiro atoms. The molecule has 0 saturated carbocycles. The van der Waals surface area contributed by atoms with Crippen LogP contribution in [0.15, 0.2) is 54.6 Å². The monoisotopic (exact) mass is 425 g/mol. The molecular weight excluding hydrogens is 401 g/mol. The van der Waals surface area contributed by atoms with Crippen LogP contribution in [0.5, 0.6) is 0 Å². The number of carbonyl (C=O) groups is 3. The second-order valence-electron chi connectivity index (χ2n) is 8.01. The van der Waals surface area contributed by atoms with E-state index in [0.717, 1.165) is 5.56 Å². The molecule has 0 aromatic heterocycles. The molecule has 1 atom stereocenters. The lowest BCUT2D eigenvalue weighted by Crippen LogP contribution is -2.60. The molecule has 2 aromatic rings. The third kappa shape index (κ3) is 4.16. The quantitative estimate of drug-likeness (QED) is 0.764. The van der Waals surface area contributed by atoms with E-state index in [4.69, 9.17) is 0 Å². The molecule has 2 aliphatic heterocycles. The Labute approximate surface area is 179 Å². The van der Waals surface area contributed by atoms with E-state index in [1.807, 2.05) is 30.3 Å². The maximum Gasteiger partial charge on any atom is 0.323 e. The molecule has 2 N–H and O–H groups in total. The SMILES string of the molecule is O=C(O)CN1C(=O)C(Cc2ccccc2)NC12CCN(C(=O)c1ccccc1F)CC2. The fourth-order valence-electron chi connectivity index (χ4n) is 4.51. The summed E-state index contributed by atoms with van der Waals surface area (Å²) in [5.41, 5.74) is 0.159. The van der Waals surface area contributed by atoms with Crippen molar-refractivity contribution in [2.75, 3.05) is 19.6 Å². The summed E-state index contributed by atoms with van der Waals surface area (Å²) < 4.78 is 14.0. The van der Waals surface area contributed by atoms with Gasteiger partial charge in [-0.1, -0.05) is 42.5 Å². The Kier molecular flexibility index (Phi) is 5.73. The zero-order valence-corrected chi connectivity index (χ0v) is 17.0. The van der Waals surface area contributed by atoms with Crippen molar-refractivity contribution in [2.45, 2.75) is 31.0 Å². The molecule has 162 valence electrons. The van der Waals surface area contributed by atoms with Crippen LogP contribution in [-0.2, 0) is 16.0 Å². The minimum Gasteiger partial charge on any atom is -0.480 e. The zero-order chi connectivity index (χ0) is 22.0. The van der Waals surface area contributed by atoms with Gasteiger partial charge in [0.25, 0.3) is 5.91 Å². The van der Waals surface area contributed by atoms with Gasteiger partial charge in [-0.2, -0.15) is 0 Å². The third-order valence-corrected chi connectivity index (χ3v) is 6.08. The maximum absolute atomic E-state index is 14.0. The van der Waals surface area contributed by atoms with E-state index in [0.29, 0.717) is 32.4 Å². The molecule has 2 aliphatic rings. The molecule has 2 amide bonds. The van der Waals surface area contributed by atoms with Gasteiger partial charge in [-0.3, -0.25) is 19.7 Å². The fourth-order valence-corrected chi connectivity index (χ4v) is 4.51. The van der Waals surface area contributed by atoms with Crippen LogP contribution in [0.4, 0.5) is 4.39 Å². The molecule has 31 heavy (non-hydrogen) atoms. The number of halogens is 1. The van der Waals surface area contributed by atoms with Crippen molar-refractivity contribution in [2.24, 2.45) is 0 Å². The Morgan fingerprint density at radius 1 is 1.06 bits per heavy atom. The molecule has 8 heteroatoms. The molecule has 2 heterocycles. The van der Waals surface area contributed by atoms with Crippen LogP contribution in [0.25, 0.3) is 0 Å². The second-order valence-corrected chi connectivity index (χ2v) is 8.01. The highest BCUT2D eigenvalue weighted by molar-refractivity contribution is 5.94. The number of hydrogen-bond donors (Lipinski definition) is 2. The summed E-state index contributed by atoms with van der Waals surface area (Å²) in [6.07, 6.45) is 1.20. The van der Waals surface area contributed by atoms with E-state index in [1.165, 1.54) is 23.1 Å². The van der Waals surface area contributed by atoms with Gasteiger partial charge in [-0.15, -0.1) is 0 Å². The van der Waals surface area contributed by atoms with Gasteiger partial charge in [0.2, 0.25) is 5.91 Å². The van der Waals surface area contributed by atoms with Gasteiger partial charge in [0.15, 0.2) is 0 Å². The van der Waals surface area contributed by atoms with Crippen LogP contribution in [0, 0.1) is 5.82 Å². The third-order valence-electron chi connectivity index (χ3n) is 6.08. The molecule has 2 aromatic carbocycles. The first kappa shape index (κ1) is 21.0. The Balaban J connectivity index is 1.51. The lowest BCUT2D eigenvalue weighted by Gasteiger charge is -2.44. The first-order chi connectivity index (χ1) is 14.9. The number of likely N-dealkylation sites (tertiary alicyclic amines) is 1. The standard InChI is InChI=1S/C23H24FN3O4/c24-18-9-5-4-8-17(18)21(30)26-12-10-23(11-13-26)25-19(14-16-6-2-1-3-7-16)22(31)27(23)15-20(28)29/h1-9,19,25H,10-15H2,(H,28,29).